The van der Waals surface area contributed by atoms with Crippen molar-refractivity contribution in [3.05, 3.63) is 69.8 Å². The van der Waals surface area contributed by atoms with E-state index in [4.69, 9.17) is 4.52 Å². The van der Waals surface area contributed by atoms with Crippen molar-refractivity contribution >= 4 is 14.4 Å². The topological polar surface area (TPSA) is 69.4 Å². The third-order valence-corrected chi connectivity index (χ3v) is 3.19. The molecule has 0 spiro atoms. The highest BCUT2D eigenvalue weighted by atomic mass is 31.1. The van der Waals surface area contributed by atoms with Gasteiger partial charge in [0.15, 0.2) is 0 Å². The minimum atomic E-state index is -0.471. The van der Waals surface area contributed by atoms with E-state index in [0.29, 0.717) is 17.7 Å². The number of aryl methyl sites for hydroxylation is 2. The van der Waals surface area contributed by atoms with Crippen LogP contribution in [0.1, 0.15) is 11.1 Å². The molecule has 0 aliphatic heterocycles. The van der Waals surface area contributed by atoms with Crippen LogP contribution in [-0.4, -0.2) is 4.92 Å². The van der Waals surface area contributed by atoms with Crippen molar-refractivity contribution in [1.29, 1.82) is 0 Å². The van der Waals surface area contributed by atoms with Gasteiger partial charge in [-0.2, -0.15) is 0 Å². The highest BCUT2D eigenvalue weighted by Crippen LogP contribution is 2.27. The lowest BCUT2D eigenvalue weighted by Gasteiger charge is -2.07. The van der Waals surface area contributed by atoms with E-state index in [2.05, 4.69) is 0 Å². The standard InChI is InChI=1S/C14H12NO4P/c16-15(17)13-8-9-14(19-20-18)12(10-13)7-6-11-4-2-1-3-5-11/h1-5,8-10H,6-7H2. The van der Waals surface area contributed by atoms with Crippen LogP contribution in [0.4, 0.5) is 5.69 Å². The molecule has 0 amide bonds. The Balaban J connectivity index is 2.21. The zero-order chi connectivity index (χ0) is 14.4. The van der Waals surface area contributed by atoms with E-state index in [1.165, 1.54) is 18.2 Å². The van der Waals surface area contributed by atoms with Gasteiger partial charge < -0.3 is 4.52 Å². The average molecular weight is 289 g/mol. The minimum absolute atomic E-state index is 0.00276. The van der Waals surface area contributed by atoms with Gasteiger partial charge in [0.2, 0.25) is 0 Å². The fourth-order valence-electron chi connectivity index (χ4n) is 1.93. The van der Waals surface area contributed by atoms with Crippen molar-refractivity contribution in [1.82, 2.24) is 0 Å². The van der Waals surface area contributed by atoms with E-state index in [9.17, 15) is 14.7 Å². The number of nitrogens with zero attached hydrogens (tertiary/aromatic N) is 1. The summed E-state index contributed by atoms with van der Waals surface area (Å²) in [4.78, 5) is 10.3. The first kappa shape index (κ1) is 14.2. The lowest BCUT2D eigenvalue weighted by molar-refractivity contribution is -0.384. The molecule has 0 fully saturated rings. The van der Waals surface area contributed by atoms with Crippen molar-refractivity contribution in [2.45, 2.75) is 12.8 Å². The van der Waals surface area contributed by atoms with Gasteiger partial charge in [0.1, 0.15) is 5.75 Å². The molecule has 20 heavy (non-hydrogen) atoms. The zero-order valence-corrected chi connectivity index (χ0v) is 11.5. The van der Waals surface area contributed by atoms with Crippen LogP contribution in [0.3, 0.4) is 0 Å². The van der Waals surface area contributed by atoms with Crippen LogP contribution in [0.15, 0.2) is 48.5 Å². The maximum absolute atomic E-state index is 10.8. The second kappa shape index (κ2) is 6.78. The van der Waals surface area contributed by atoms with Crippen LogP contribution in [0.2, 0.25) is 0 Å². The molecule has 6 heteroatoms. The van der Waals surface area contributed by atoms with Crippen LogP contribution in [-0.2, 0) is 17.4 Å². The van der Waals surface area contributed by atoms with Crippen LogP contribution < -0.4 is 4.52 Å². The van der Waals surface area contributed by atoms with Gasteiger partial charge in [0.05, 0.1) is 4.92 Å². The van der Waals surface area contributed by atoms with Gasteiger partial charge in [0.25, 0.3) is 5.69 Å². The molecule has 2 rings (SSSR count). The van der Waals surface area contributed by atoms with Gasteiger partial charge in [0, 0.05) is 17.7 Å². The molecule has 0 radical (unpaired) electrons. The normalized spacial score (nSPS) is 10.4. The van der Waals surface area contributed by atoms with Crippen molar-refractivity contribution in [3.8, 4) is 5.75 Å². The molecule has 5 nitrogen and oxygen atoms in total. The van der Waals surface area contributed by atoms with Crippen LogP contribution >= 0.6 is 8.69 Å². The summed E-state index contributed by atoms with van der Waals surface area (Å²) in [5.41, 5.74) is 1.80. The highest BCUT2D eigenvalue weighted by molar-refractivity contribution is 7.17. The summed E-state index contributed by atoms with van der Waals surface area (Å²) in [7, 11) is -0.471. The first-order valence-corrected chi connectivity index (χ1v) is 6.74. The van der Waals surface area contributed by atoms with E-state index < -0.39 is 13.6 Å². The van der Waals surface area contributed by atoms with Gasteiger partial charge in [-0.05, 0) is 24.5 Å². The van der Waals surface area contributed by atoms with Crippen LogP contribution in [0, 0.1) is 10.1 Å². The van der Waals surface area contributed by atoms with Gasteiger partial charge in [-0.1, -0.05) is 30.3 Å². The maximum atomic E-state index is 10.8. The first-order chi connectivity index (χ1) is 9.70. The number of rotatable bonds is 6. The summed E-state index contributed by atoms with van der Waals surface area (Å²) in [6, 6.07) is 14.1. The molecular formula is C14H12NO4P. The summed E-state index contributed by atoms with van der Waals surface area (Å²) < 4.78 is 15.5. The Bertz CT molecular complexity index is 616. The Morgan fingerprint density at radius 1 is 1.10 bits per heavy atom. The van der Waals surface area contributed by atoms with E-state index >= 15 is 0 Å². The fraction of sp³-hybridized carbons (Fsp3) is 0.143. The summed E-state index contributed by atoms with van der Waals surface area (Å²) in [5.74, 6) is 0.406. The van der Waals surface area contributed by atoms with Gasteiger partial charge in [-0.15, -0.1) is 0 Å². The molecule has 0 heterocycles. The summed E-state index contributed by atoms with van der Waals surface area (Å²) >= 11 is 0. The number of non-ortho nitro benzene ring substituents is 1. The van der Waals surface area contributed by atoms with E-state index in [1.54, 1.807) is 0 Å². The summed E-state index contributed by atoms with van der Waals surface area (Å²) in [5, 5.41) is 10.8. The Kier molecular flexibility index (Phi) is 4.80. The second-order valence-electron chi connectivity index (χ2n) is 4.20. The van der Waals surface area contributed by atoms with E-state index in [0.717, 1.165) is 12.0 Å². The molecule has 2 aromatic rings. The lowest BCUT2D eigenvalue weighted by atomic mass is 10.0. The molecule has 0 saturated heterocycles. The molecular weight excluding hydrogens is 277 g/mol. The molecule has 0 aliphatic rings. The third kappa shape index (κ3) is 3.62. The molecule has 2 aromatic carbocycles. The molecule has 0 unspecified atom stereocenters. The van der Waals surface area contributed by atoms with E-state index in [-0.39, 0.29) is 5.69 Å². The molecule has 0 N–H and O–H groups in total. The van der Waals surface area contributed by atoms with Crippen molar-refractivity contribution < 1.29 is 14.0 Å². The maximum Gasteiger partial charge on any atom is 0.395 e. The van der Waals surface area contributed by atoms with E-state index in [1.807, 2.05) is 30.3 Å². The number of nitro groups is 1. The third-order valence-electron chi connectivity index (χ3n) is 2.92. The predicted molar refractivity (Wildman–Crippen MR) is 75.2 cm³/mol. The summed E-state index contributed by atoms with van der Waals surface area (Å²) in [6.07, 6.45) is 1.31. The Hall–Kier alpha value is -2.26. The van der Waals surface area contributed by atoms with Crippen LogP contribution in [0.25, 0.3) is 0 Å². The fourth-order valence-corrected chi connectivity index (χ4v) is 2.19. The first-order valence-electron chi connectivity index (χ1n) is 6.01. The minimum Gasteiger partial charge on any atom is -0.407 e. The number of hydrogen-bond donors (Lipinski definition) is 0. The number of nitro benzene ring substituents is 1. The largest absolute Gasteiger partial charge is 0.407 e. The SMILES string of the molecule is O=POc1ccc([N+](=O)[O-])cc1CCc1ccccc1. The van der Waals surface area contributed by atoms with Crippen LogP contribution in [0.5, 0.6) is 5.75 Å². The quantitative estimate of drug-likeness (QED) is 0.458. The Morgan fingerprint density at radius 3 is 2.50 bits per heavy atom. The van der Waals surface area contributed by atoms with Gasteiger partial charge in [-0.25, -0.2) is 4.57 Å². The molecule has 0 saturated carbocycles. The van der Waals surface area contributed by atoms with Crippen molar-refractivity contribution in [2.75, 3.05) is 0 Å². The predicted octanol–water partition coefficient (Wildman–Crippen LogP) is 3.97. The average Bonchev–Trinajstić information content (AvgIpc) is 2.47. The highest BCUT2D eigenvalue weighted by Gasteiger charge is 2.12. The van der Waals surface area contributed by atoms with Crippen molar-refractivity contribution in [3.63, 3.8) is 0 Å². The molecule has 0 aliphatic carbocycles. The zero-order valence-electron chi connectivity index (χ0n) is 10.6. The second-order valence-corrected chi connectivity index (χ2v) is 4.53. The van der Waals surface area contributed by atoms with Gasteiger partial charge in [-0.3, -0.25) is 10.1 Å². The van der Waals surface area contributed by atoms with Gasteiger partial charge >= 0.3 is 8.69 Å². The number of hydrogen-bond acceptors (Lipinski definition) is 4. The molecule has 0 bridgehead atoms. The number of benzene rings is 2. The summed E-state index contributed by atoms with van der Waals surface area (Å²) in [6.45, 7) is 0. The molecule has 0 atom stereocenters. The lowest BCUT2D eigenvalue weighted by Crippen LogP contribution is -1.96. The van der Waals surface area contributed by atoms with Crippen molar-refractivity contribution in [2.24, 2.45) is 0 Å². The monoisotopic (exact) mass is 289 g/mol. The Morgan fingerprint density at radius 2 is 1.85 bits per heavy atom. The molecule has 0 aromatic heterocycles. The Labute approximate surface area is 117 Å². The molecule has 102 valence electrons. The smallest absolute Gasteiger partial charge is 0.395 e.